The molecule has 0 saturated carbocycles. The van der Waals surface area contributed by atoms with Gasteiger partial charge in [-0.2, -0.15) is 0 Å². The van der Waals surface area contributed by atoms with E-state index in [1.54, 1.807) is 42.5 Å². The van der Waals surface area contributed by atoms with Crippen molar-refractivity contribution in [2.24, 2.45) is 0 Å². The van der Waals surface area contributed by atoms with Crippen LogP contribution in [0.2, 0.25) is 0 Å². The number of aryl methyl sites for hydroxylation is 2. The molecule has 9 nitrogen and oxygen atoms in total. The van der Waals surface area contributed by atoms with Gasteiger partial charge in [0.15, 0.2) is 0 Å². The maximum atomic E-state index is 13.0. The van der Waals surface area contributed by atoms with Crippen LogP contribution >= 0.6 is 0 Å². The topological polar surface area (TPSA) is 114 Å². The van der Waals surface area contributed by atoms with E-state index in [1.165, 1.54) is 6.07 Å². The van der Waals surface area contributed by atoms with Crippen molar-refractivity contribution in [3.05, 3.63) is 93.0 Å². The molecular formula is C26H26N4O5. The van der Waals surface area contributed by atoms with Crippen molar-refractivity contribution >= 4 is 34.6 Å². The second kappa shape index (κ2) is 10.4. The van der Waals surface area contributed by atoms with E-state index in [1.807, 2.05) is 30.9 Å². The molecule has 0 atom stereocenters. The van der Waals surface area contributed by atoms with E-state index < -0.39 is 16.7 Å². The average molecular weight is 475 g/mol. The Hall–Kier alpha value is -4.24. The van der Waals surface area contributed by atoms with Gasteiger partial charge < -0.3 is 20.3 Å². The Morgan fingerprint density at radius 3 is 1.74 bits per heavy atom. The third-order valence-corrected chi connectivity index (χ3v) is 5.79. The van der Waals surface area contributed by atoms with Gasteiger partial charge in [0, 0.05) is 30.3 Å². The number of hydrogen-bond acceptors (Lipinski definition) is 6. The summed E-state index contributed by atoms with van der Waals surface area (Å²) in [4.78, 5) is 39.2. The highest BCUT2D eigenvalue weighted by molar-refractivity contribution is 6.11. The Morgan fingerprint density at radius 2 is 1.29 bits per heavy atom. The molecule has 0 unspecified atom stereocenters. The molecule has 9 heteroatoms. The number of nitro groups is 1. The highest BCUT2D eigenvalue weighted by Gasteiger charge is 2.26. The zero-order valence-corrected chi connectivity index (χ0v) is 19.5. The summed E-state index contributed by atoms with van der Waals surface area (Å²) in [6, 6.07) is 16.8. The Kier molecular flexibility index (Phi) is 7.07. The van der Waals surface area contributed by atoms with E-state index >= 15 is 0 Å². The van der Waals surface area contributed by atoms with Crippen molar-refractivity contribution < 1.29 is 19.2 Å². The van der Waals surface area contributed by atoms with Crippen LogP contribution in [0, 0.1) is 24.0 Å². The minimum Gasteiger partial charge on any atom is -0.378 e. The quantitative estimate of drug-likeness (QED) is 0.400. The molecule has 0 aliphatic carbocycles. The van der Waals surface area contributed by atoms with Gasteiger partial charge in [0.2, 0.25) is 0 Å². The second-order valence-corrected chi connectivity index (χ2v) is 8.38. The standard InChI is InChI=1S/C26H26N4O5/c1-17-3-7-19(8-4-17)25(31)27-21-15-23(29-11-13-35-14-12-29)24(30(33)34)16-22(21)28-26(32)20-9-5-18(2)6-10-20/h3-10,15-16H,11-14H2,1-2H3,(H,27,31)(H,28,32). The smallest absolute Gasteiger partial charge is 0.294 e. The molecule has 4 rings (SSSR count). The fourth-order valence-electron chi connectivity index (χ4n) is 3.79. The van der Waals surface area contributed by atoms with Crippen molar-refractivity contribution in [2.75, 3.05) is 41.8 Å². The SMILES string of the molecule is Cc1ccc(C(=O)Nc2cc(N3CCOCC3)c([N+](=O)[O-])cc2NC(=O)c2ccc(C)cc2)cc1. The summed E-state index contributed by atoms with van der Waals surface area (Å²) >= 11 is 0. The summed E-state index contributed by atoms with van der Waals surface area (Å²) in [5.74, 6) is -0.832. The Balaban J connectivity index is 1.74. The number of anilines is 3. The van der Waals surface area contributed by atoms with Gasteiger partial charge in [0.1, 0.15) is 5.69 Å². The van der Waals surface area contributed by atoms with Crippen LogP contribution in [0.1, 0.15) is 31.8 Å². The lowest BCUT2D eigenvalue weighted by Crippen LogP contribution is -2.36. The van der Waals surface area contributed by atoms with E-state index in [2.05, 4.69) is 10.6 Å². The number of hydrogen-bond donors (Lipinski definition) is 2. The first-order valence-corrected chi connectivity index (χ1v) is 11.2. The highest BCUT2D eigenvalue weighted by atomic mass is 16.6. The molecule has 35 heavy (non-hydrogen) atoms. The molecule has 180 valence electrons. The molecule has 0 aromatic heterocycles. The van der Waals surface area contributed by atoms with Gasteiger partial charge in [-0.25, -0.2) is 0 Å². The van der Waals surface area contributed by atoms with Crippen LogP contribution in [0.5, 0.6) is 0 Å². The average Bonchev–Trinajstić information content (AvgIpc) is 2.86. The van der Waals surface area contributed by atoms with Crippen molar-refractivity contribution in [1.29, 1.82) is 0 Å². The molecule has 2 amide bonds. The van der Waals surface area contributed by atoms with E-state index in [9.17, 15) is 19.7 Å². The Labute approximate surface area is 202 Å². The van der Waals surface area contributed by atoms with Gasteiger partial charge >= 0.3 is 0 Å². The fourth-order valence-corrected chi connectivity index (χ4v) is 3.79. The van der Waals surface area contributed by atoms with Crippen LogP contribution in [0.4, 0.5) is 22.7 Å². The minimum atomic E-state index is -0.488. The lowest BCUT2D eigenvalue weighted by Gasteiger charge is -2.29. The van der Waals surface area contributed by atoms with Crippen LogP contribution in [-0.2, 0) is 4.74 Å². The molecule has 1 fully saturated rings. The predicted molar refractivity (Wildman–Crippen MR) is 134 cm³/mol. The summed E-state index contributed by atoms with van der Waals surface area (Å²) in [7, 11) is 0. The van der Waals surface area contributed by atoms with Gasteiger partial charge in [-0.15, -0.1) is 0 Å². The molecule has 0 bridgehead atoms. The van der Waals surface area contributed by atoms with Crippen LogP contribution in [0.15, 0.2) is 60.7 Å². The number of amides is 2. The van der Waals surface area contributed by atoms with Crippen LogP contribution in [0.3, 0.4) is 0 Å². The maximum absolute atomic E-state index is 13.0. The minimum absolute atomic E-state index is 0.139. The third kappa shape index (κ3) is 5.64. The summed E-state index contributed by atoms with van der Waals surface area (Å²) in [6.45, 7) is 5.66. The Bertz CT molecular complexity index is 1250. The number of carbonyl (C=O) groups is 2. The fraction of sp³-hybridized carbons (Fsp3) is 0.231. The lowest BCUT2D eigenvalue weighted by molar-refractivity contribution is -0.384. The third-order valence-electron chi connectivity index (χ3n) is 5.79. The molecule has 0 radical (unpaired) electrons. The van der Waals surface area contributed by atoms with Gasteiger partial charge in [0.25, 0.3) is 17.5 Å². The highest BCUT2D eigenvalue weighted by Crippen LogP contribution is 2.38. The van der Waals surface area contributed by atoms with Gasteiger partial charge in [-0.1, -0.05) is 35.4 Å². The van der Waals surface area contributed by atoms with E-state index in [-0.39, 0.29) is 17.1 Å². The summed E-state index contributed by atoms with van der Waals surface area (Å²) in [5, 5.41) is 17.5. The van der Waals surface area contributed by atoms with E-state index in [0.29, 0.717) is 43.1 Å². The molecule has 1 aliphatic heterocycles. The number of carbonyl (C=O) groups excluding carboxylic acids is 2. The molecule has 3 aromatic carbocycles. The molecular weight excluding hydrogens is 448 g/mol. The van der Waals surface area contributed by atoms with Gasteiger partial charge in [-0.05, 0) is 44.2 Å². The normalized spacial score (nSPS) is 13.3. The maximum Gasteiger partial charge on any atom is 0.294 e. The number of rotatable bonds is 6. The monoisotopic (exact) mass is 474 g/mol. The number of nitrogens with one attached hydrogen (secondary N) is 2. The van der Waals surface area contributed by atoms with Crippen molar-refractivity contribution in [2.45, 2.75) is 13.8 Å². The first kappa shape index (κ1) is 23.9. The molecule has 2 N–H and O–H groups in total. The first-order chi connectivity index (χ1) is 16.8. The van der Waals surface area contributed by atoms with Gasteiger partial charge in [0.05, 0.1) is 29.5 Å². The molecule has 3 aromatic rings. The molecule has 0 spiro atoms. The van der Waals surface area contributed by atoms with E-state index in [0.717, 1.165) is 11.1 Å². The summed E-state index contributed by atoms with van der Waals surface area (Å²) < 4.78 is 5.38. The van der Waals surface area contributed by atoms with E-state index in [4.69, 9.17) is 4.74 Å². The Morgan fingerprint density at radius 1 is 0.829 bits per heavy atom. The summed E-state index contributed by atoms with van der Waals surface area (Å²) in [6.07, 6.45) is 0. The zero-order chi connectivity index (χ0) is 24.9. The molecule has 1 saturated heterocycles. The van der Waals surface area contributed by atoms with Crippen LogP contribution in [-0.4, -0.2) is 43.0 Å². The number of morpholine rings is 1. The second-order valence-electron chi connectivity index (χ2n) is 8.38. The largest absolute Gasteiger partial charge is 0.378 e. The first-order valence-electron chi connectivity index (χ1n) is 11.2. The van der Waals surface area contributed by atoms with Crippen LogP contribution < -0.4 is 15.5 Å². The molecule has 1 aliphatic rings. The number of benzene rings is 3. The number of nitro benzene ring substituents is 1. The summed E-state index contributed by atoms with van der Waals surface area (Å²) in [5.41, 5.74) is 3.42. The number of nitrogens with zero attached hydrogens (tertiary/aromatic N) is 2. The van der Waals surface area contributed by atoms with Crippen LogP contribution in [0.25, 0.3) is 0 Å². The predicted octanol–water partition coefficient (Wildman–Crippen LogP) is 4.55. The van der Waals surface area contributed by atoms with Crippen molar-refractivity contribution in [3.8, 4) is 0 Å². The van der Waals surface area contributed by atoms with Crippen molar-refractivity contribution in [1.82, 2.24) is 0 Å². The van der Waals surface area contributed by atoms with Crippen molar-refractivity contribution in [3.63, 3.8) is 0 Å². The lowest BCUT2D eigenvalue weighted by atomic mass is 10.1. The molecule has 1 heterocycles. The number of ether oxygens (including phenoxy) is 1. The zero-order valence-electron chi connectivity index (χ0n) is 19.5. The van der Waals surface area contributed by atoms with Gasteiger partial charge in [-0.3, -0.25) is 19.7 Å².